The van der Waals surface area contributed by atoms with Crippen LogP contribution in [0.3, 0.4) is 0 Å². The summed E-state index contributed by atoms with van der Waals surface area (Å²) in [7, 11) is 1.65. The van der Waals surface area contributed by atoms with Crippen LogP contribution in [0.15, 0.2) is 40.9 Å². The van der Waals surface area contributed by atoms with Crippen LogP contribution in [-0.2, 0) is 0 Å². The van der Waals surface area contributed by atoms with Crippen LogP contribution in [0.5, 0.6) is 5.75 Å². The zero-order valence-corrected chi connectivity index (χ0v) is 11.0. The number of hydrogen-bond acceptors (Lipinski definition) is 1. The van der Waals surface area contributed by atoms with E-state index in [4.69, 9.17) is 16.3 Å². The Morgan fingerprint density at radius 1 is 1.25 bits per heavy atom. The van der Waals surface area contributed by atoms with Gasteiger partial charge in [-0.3, -0.25) is 0 Å². The van der Waals surface area contributed by atoms with Crippen molar-refractivity contribution in [2.45, 2.75) is 0 Å². The molecule has 0 aromatic heterocycles. The predicted octanol–water partition coefficient (Wildman–Crippen LogP) is 4.58. The van der Waals surface area contributed by atoms with Gasteiger partial charge in [-0.1, -0.05) is 33.6 Å². The zero-order valence-electron chi connectivity index (χ0n) is 8.63. The van der Waals surface area contributed by atoms with Crippen molar-refractivity contribution in [1.29, 1.82) is 0 Å². The van der Waals surface area contributed by atoms with Gasteiger partial charge in [0.25, 0.3) is 0 Å². The molecule has 0 saturated carbocycles. The van der Waals surface area contributed by atoms with E-state index in [0.29, 0.717) is 5.02 Å². The second-order valence-electron chi connectivity index (χ2n) is 3.27. The summed E-state index contributed by atoms with van der Waals surface area (Å²) in [6, 6.07) is 14.4. The molecule has 2 aromatic carbocycles. The molecule has 0 aliphatic rings. The van der Waals surface area contributed by atoms with Crippen molar-refractivity contribution in [2.24, 2.45) is 0 Å². The van der Waals surface area contributed by atoms with Crippen molar-refractivity contribution < 1.29 is 4.74 Å². The summed E-state index contributed by atoms with van der Waals surface area (Å²) in [6.07, 6.45) is 0. The Bertz CT molecular complexity index is 511. The largest absolute Gasteiger partial charge is 0.496 e. The highest BCUT2D eigenvalue weighted by Gasteiger charge is 2.06. The van der Waals surface area contributed by atoms with Gasteiger partial charge in [0.2, 0.25) is 0 Å². The second kappa shape index (κ2) is 4.89. The van der Waals surface area contributed by atoms with Gasteiger partial charge < -0.3 is 4.74 Å². The molecule has 0 atom stereocenters. The first-order valence-corrected chi connectivity index (χ1v) is 5.89. The summed E-state index contributed by atoms with van der Waals surface area (Å²) < 4.78 is 6.31. The van der Waals surface area contributed by atoms with Crippen molar-refractivity contribution in [2.75, 3.05) is 7.11 Å². The Hall–Kier alpha value is -0.990. The number of ether oxygens (including phenoxy) is 1. The van der Waals surface area contributed by atoms with Crippen LogP contribution in [0.2, 0.25) is 5.02 Å². The van der Waals surface area contributed by atoms with Crippen molar-refractivity contribution in [3.05, 3.63) is 52.0 Å². The van der Waals surface area contributed by atoms with Gasteiger partial charge in [-0.2, -0.15) is 0 Å². The Morgan fingerprint density at radius 2 is 2.06 bits per heavy atom. The van der Waals surface area contributed by atoms with Crippen LogP contribution in [0, 0.1) is 6.07 Å². The van der Waals surface area contributed by atoms with Gasteiger partial charge in [-0.25, -0.2) is 0 Å². The molecular weight excluding hydrogens is 287 g/mol. The van der Waals surface area contributed by atoms with E-state index < -0.39 is 0 Å². The molecule has 1 radical (unpaired) electrons. The third kappa shape index (κ3) is 2.39. The number of hydrogen-bond donors (Lipinski definition) is 0. The van der Waals surface area contributed by atoms with Crippen molar-refractivity contribution in [1.82, 2.24) is 0 Å². The van der Waals surface area contributed by atoms with Gasteiger partial charge in [0, 0.05) is 15.1 Å². The normalized spacial score (nSPS) is 10.2. The first-order valence-electron chi connectivity index (χ1n) is 4.72. The van der Waals surface area contributed by atoms with Crippen LogP contribution in [0.25, 0.3) is 11.1 Å². The number of rotatable bonds is 2. The maximum absolute atomic E-state index is 5.96. The lowest BCUT2D eigenvalue weighted by atomic mass is 10.1. The molecule has 0 heterocycles. The summed E-state index contributed by atoms with van der Waals surface area (Å²) in [5.41, 5.74) is 1.89. The molecule has 0 bridgehead atoms. The van der Waals surface area contributed by atoms with Gasteiger partial charge >= 0.3 is 0 Å². The first-order chi connectivity index (χ1) is 7.70. The molecule has 3 heteroatoms. The van der Waals surface area contributed by atoms with Gasteiger partial charge in [0.1, 0.15) is 5.75 Å². The molecule has 0 aliphatic heterocycles. The first kappa shape index (κ1) is 11.5. The summed E-state index contributed by atoms with van der Waals surface area (Å²) in [5, 5.41) is 0.691. The molecule has 0 aliphatic carbocycles. The third-order valence-corrected chi connectivity index (χ3v) is 2.94. The van der Waals surface area contributed by atoms with Crippen molar-refractivity contribution in [3.8, 4) is 16.9 Å². The zero-order chi connectivity index (χ0) is 11.5. The average Bonchev–Trinajstić information content (AvgIpc) is 2.29. The molecule has 0 amide bonds. The number of benzene rings is 2. The summed E-state index contributed by atoms with van der Waals surface area (Å²) in [5.74, 6) is 0.807. The standard InChI is InChI=1S/C13H9BrClO/c1-16-13-6-5-10(14)8-12(13)9-3-2-4-11(15)7-9/h2,4-8H,1H3. The predicted molar refractivity (Wildman–Crippen MR) is 70.0 cm³/mol. The minimum absolute atomic E-state index is 0.691. The average molecular weight is 297 g/mol. The van der Waals surface area contributed by atoms with E-state index in [-0.39, 0.29) is 0 Å². The number of halogens is 2. The highest BCUT2D eigenvalue weighted by atomic mass is 79.9. The Kier molecular flexibility index (Phi) is 3.52. The molecule has 0 spiro atoms. The van der Waals surface area contributed by atoms with E-state index in [1.165, 1.54) is 0 Å². The summed E-state index contributed by atoms with van der Waals surface area (Å²) in [4.78, 5) is 0. The molecule has 0 saturated heterocycles. The quantitative estimate of drug-likeness (QED) is 0.788. The Labute approximate surface area is 108 Å². The Balaban J connectivity index is 2.58. The fourth-order valence-corrected chi connectivity index (χ4v) is 2.02. The smallest absolute Gasteiger partial charge is 0.126 e. The molecule has 2 aromatic rings. The third-order valence-electron chi connectivity index (χ3n) is 2.22. The molecule has 1 nitrogen and oxygen atoms in total. The SMILES string of the molecule is COc1ccc(Br)cc1-c1[c]ccc(Cl)c1. The molecule has 0 fully saturated rings. The van der Waals surface area contributed by atoms with Crippen LogP contribution in [0.4, 0.5) is 0 Å². The van der Waals surface area contributed by atoms with E-state index in [0.717, 1.165) is 21.3 Å². The van der Waals surface area contributed by atoms with Gasteiger partial charge in [-0.15, -0.1) is 0 Å². The number of methoxy groups -OCH3 is 1. The molecule has 16 heavy (non-hydrogen) atoms. The highest BCUT2D eigenvalue weighted by molar-refractivity contribution is 9.10. The maximum Gasteiger partial charge on any atom is 0.126 e. The van der Waals surface area contributed by atoms with Crippen LogP contribution >= 0.6 is 27.5 Å². The minimum Gasteiger partial charge on any atom is -0.496 e. The van der Waals surface area contributed by atoms with Crippen molar-refractivity contribution >= 4 is 27.5 Å². The molecular formula is C13H9BrClO. The maximum atomic E-state index is 5.96. The lowest BCUT2D eigenvalue weighted by Crippen LogP contribution is -1.88. The Morgan fingerprint density at radius 3 is 2.75 bits per heavy atom. The summed E-state index contributed by atoms with van der Waals surface area (Å²) in [6.45, 7) is 0. The van der Waals surface area contributed by atoms with E-state index in [9.17, 15) is 0 Å². The lowest BCUT2D eigenvalue weighted by molar-refractivity contribution is 0.416. The van der Waals surface area contributed by atoms with Crippen LogP contribution in [0.1, 0.15) is 0 Å². The fourth-order valence-electron chi connectivity index (χ4n) is 1.48. The summed E-state index contributed by atoms with van der Waals surface area (Å²) >= 11 is 9.40. The molecule has 81 valence electrons. The van der Waals surface area contributed by atoms with Crippen molar-refractivity contribution in [3.63, 3.8) is 0 Å². The second-order valence-corrected chi connectivity index (χ2v) is 4.62. The monoisotopic (exact) mass is 295 g/mol. The molecule has 0 unspecified atom stereocenters. The van der Waals surface area contributed by atoms with E-state index in [1.807, 2.05) is 24.3 Å². The van der Waals surface area contributed by atoms with Gasteiger partial charge in [-0.05, 0) is 42.0 Å². The molecule has 0 N–H and O–H groups in total. The van der Waals surface area contributed by atoms with Gasteiger partial charge in [0.15, 0.2) is 0 Å². The molecule has 2 rings (SSSR count). The fraction of sp³-hybridized carbons (Fsp3) is 0.0769. The lowest BCUT2D eigenvalue weighted by Gasteiger charge is -2.09. The highest BCUT2D eigenvalue weighted by Crippen LogP contribution is 2.33. The van der Waals surface area contributed by atoms with Crippen LogP contribution < -0.4 is 4.74 Å². The minimum atomic E-state index is 0.691. The van der Waals surface area contributed by atoms with Crippen LogP contribution in [-0.4, -0.2) is 7.11 Å². The van der Waals surface area contributed by atoms with E-state index in [1.54, 1.807) is 19.2 Å². The topological polar surface area (TPSA) is 9.23 Å². The van der Waals surface area contributed by atoms with E-state index >= 15 is 0 Å². The van der Waals surface area contributed by atoms with E-state index in [2.05, 4.69) is 22.0 Å². The van der Waals surface area contributed by atoms with Gasteiger partial charge in [0.05, 0.1) is 7.11 Å².